The van der Waals surface area contributed by atoms with Crippen LogP contribution in [0.15, 0.2) is 0 Å². The van der Waals surface area contributed by atoms with E-state index in [2.05, 4.69) is 0 Å². The van der Waals surface area contributed by atoms with Gasteiger partial charge in [-0.1, -0.05) is 13.8 Å². The van der Waals surface area contributed by atoms with Gasteiger partial charge in [-0.25, -0.2) is 0 Å². The van der Waals surface area contributed by atoms with Crippen LogP contribution in [0, 0.1) is 5.41 Å². The van der Waals surface area contributed by atoms with Gasteiger partial charge in [-0.2, -0.15) is 0 Å². The van der Waals surface area contributed by atoms with E-state index in [1.54, 1.807) is 0 Å². The molecule has 1 aliphatic heterocycles. The number of hydrogen-bond donors (Lipinski definition) is 0. The third-order valence-electron chi connectivity index (χ3n) is 2.93. The fraction of sp³-hybridized carbons (Fsp3) is 0.800. The molecule has 74 valence electrons. The van der Waals surface area contributed by atoms with Crippen LogP contribution in [-0.4, -0.2) is 23.3 Å². The lowest BCUT2D eigenvalue weighted by atomic mass is 9.77. The maximum Gasteiger partial charge on any atom is 0.229 e. The number of carbonyl (C=O) groups is 2. The molecule has 1 aliphatic rings. The molecule has 0 radical (unpaired) electrons. The fourth-order valence-corrected chi connectivity index (χ4v) is 1.73. The lowest BCUT2D eigenvalue weighted by Crippen LogP contribution is -2.46. The fourth-order valence-electron chi connectivity index (χ4n) is 1.73. The van der Waals surface area contributed by atoms with E-state index in [0.29, 0.717) is 19.4 Å². The lowest BCUT2D eigenvalue weighted by molar-refractivity contribution is -0.152. The number of amides is 2. The molecule has 0 aromatic rings. The molecule has 2 amide bonds. The topological polar surface area (TPSA) is 37.4 Å². The van der Waals surface area contributed by atoms with Crippen LogP contribution in [0.1, 0.15) is 40.0 Å². The van der Waals surface area contributed by atoms with Crippen LogP contribution in [0.4, 0.5) is 0 Å². The highest BCUT2D eigenvalue weighted by Crippen LogP contribution is 2.35. The van der Waals surface area contributed by atoms with Crippen molar-refractivity contribution < 1.29 is 9.59 Å². The average molecular weight is 183 g/mol. The smallest absolute Gasteiger partial charge is 0.229 e. The molecule has 3 nitrogen and oxygen atoms in total. The van der Waals surface area contributed by atoms with E-state index in [-0.39, 0.29) is 17.2 Å². The summed E-state index contributed by atoms with van der Waals surface area (Å²) >= 11 is 0. The van der Waals surface area contributed by atoms with Gasteiger partial charge in [-0.3, -0.25) is 14.5 Å². The molecule has 0 aromatic carbocycles. The van der Waals surface area contributed by atoms with Gasteiger partial charge >= 0.3 is 0 Å². The molecule has 3 heteroatoms. The van der Waals surface area contributed by atoms with Crippen molar-refractivity contribution in [3.05, 3.63) is 0 Å². The van der Waals surface area contributed by atoms with Gasteiger partial charge in [-0.15, -0.1) is 0 Å². The van der Waals surface area contributed by atoms with Gasteiger partial charge in [0.15, 0.2) is 0 Å². The Morgan fingerprint density at radius 3 is 2.00 bits per heavy atom. The van der Waals surface area contributed by atoms with Crippen molar-refractivity contribution in [1.29, 1.82) is 0 Å². The summed E-state index contributed by atoms with van der Waals surface area (Å²) in [5.74, 6) is -0.0220. The largest absolute Gasteiger partial charge is 0.283 e. The first-order valence-corrected chi connectivity index (χ1v) is 4.85. The standard InChI is InChI=1S/C10H17NO2/c1-4-10(3)6-8(12)11(5-2)9(13)7-10/h4-7H2,1-3H3. The van der Waals surface area contributed by atoms with E-state index >= 15 is 0 Å². The number of imide groups is 1. The van der Waals surface area contributed by atoms with Crippen LogP contribution >= 0.6 is 0 Å². The van der Waals surface area contributed by atoms with Crippen LogP contribution in [-0.2, 0) is 9.59 Å². The molecule has 0 unspecified atom stereocenters. The Hall–Kier alpha value is -0.860. The van der Waals surface area contributed by atoms with Crippen LogP contribution < -0.4 is 0 Å². The zero-order valence-electron chi connectivity index (χ0n) is 8.59. The summed E-state index contributed by atoms with van der Waals surface area (Å²) in [5.41, 5.74) is -0.0974. The Morgan fingerprint density at radius 1 is 1.23 bits per heavy atom. The first-order chi connectivity index (χ1) is 6.02. The maximum absolute atomic E-state index is 11.5. The minimum Gasteiger partial charge on any atom is -0.283 e. The summed E-state index contributed by atoms with van der Waals surface area (Å²) in [7, 11) is 0. The molecule has 0 aliphatic carbocycles. The Labute approximate surface area is 79.1 Å². The summed E-state index contributed by atoms with van der Waals surface area (Å²) in [6, 6.07) is 0. The quantitative estimate of drug-likeness (QED) is 0.609. The van der Waals surface area contributed by atoms with Crippen molar-refractivity contribution in [3.8, 4) is 0 Å². The van der Waals surface area contributed by atoms with E-state index in [4.69, 9.17) is 0 Å². The van der Waals surface area contributed by atoms with E-state index < -0.39 is 0 Å². The van der Waals surface area contributed by atoms with Gasteiger partial charge < -0.3 is 0 Å². The second-order valence-electron chi connectivity index (χ2n) is 4.05. The van der Waals surface area contributed by atoms with Crippen molar-refractivity contribution in [2.45, 2.75) is 40.0 Å². The molecule has 0 N–H and O–H groups in total. The molecule has 1 fully saturated rings. The summed E-state index contributed by atoms with van der Waals surface area (Å²) in [6.45, 7) is 6.39. The Morgan fingerprint density at radius 2 is 1.69 bits per heavy atom. The van der Waals surface area contributed by atoms with E-state index in [9.17, 15) is 9.59 Å². The van der Waals surface area contributed by atoms with Crippen LogP contribution in [0.2, 0.25) is 0 Å². The lowest BCUT2D eigenvalue weighted by Gasteiger charge is -2.36. The molecule has 0 saturated carbocycles. The first kappa shape index (κ1) is 10.2. The van der Waals surface area contributed by atoms with Crippen molar-refractivity contribution in [3.63, 3.8) is 0 Å². The highest BCUT2D eigenvalue weighted by Gasteiger charge is 2.38. The maximum atomic E-state index is 11.5. The van der Waals surface area contributed by atoms with Crippen molar-refractivity contribution >= 4 is 11.8 Å². The van der Waals surface area contributed by atoms with Crippen LogP contribution in [0.25, 0.3) is 0 Å². The number of hydrogen-bond acceptors (Lipinski definition) is 2. The SMILES string of the molecule is CCN1C(=O)CC(C)(CC)CC1=O. The molecule has 0 bridgehead atoms. The van der Waals surface area contributed by atoms with E-state index in [0.717, 1.165) is 6.42 Å². The Balaban J connectivity index is 2.78. The molecule has 0 atom stereocenters. The molecule has 0 spiro atoms. The van der Waals surface area contributed by atoms with Crippen molar-refractivity contribution in [2.24, 2.45) is 5.41 Å². The molecule has 1 rings (SSSR count). The average Bonchev–Trinajstić information content (AvgIpc) is 2.03. The minimum atomic E-state index is -0.0974. The van der Waals surface area contributed by atoms with Gasteiger partial charge in [0.05, 0.1) is 0 Å². The van der Waals surface area contributed by atoms with Gasteiger partial charge in [-0.05, 0) is 18.8 Å². The summed E-state index contributed by atoms with van der Waals surface area (Å²) in [6.07, 6.45) is 1.92. The molecule has 1 saturated heterocycles. The van der Waals surface area contributed by atoms with E-state index in [1.165, 1.54) is 4.90 Å². The second kappa shape index (κ2) is 3.48. The first-order valence-electron chi connectivity index (χ1n) is 4.85. The Bertz CT molecular complexity index is 217. The highest BCUT2D eigenvalue weighted by atomic mass is 16.2. The monoisotopic (exact) mass is 183 g/mol. The molecule has 13 heavy (non-hydrogen) atoms. The third kappa shape index (κ3) is 1.90. The zero-order chi connectivity index (χ0) is 10.1. The molecule has 0 aromatic heterocycles. The number of rotatable bonds is 2. The van der Waals surface area contributed by atoms with Gasteiger partial charge in [0, 0.05) is 19.4 Å². The number of nitrogens with zero attached hydrogens (tertiary/aromatic N) is 1. The van der Waals surface area contributed by atoms with Gasteiger partial charge in [0.1, 0.15) is 0 Å². The predicted molar refractivity (Wildman–Crippen MR) is 50.0 cm³/mol. The predicted octanol–water partition coefficient (Wildman–Crippen LogP) is 1.57. The van der Waals surface area contributed by atoms with Crippen LogP contribution in [0.3, 0.4) is 0 Å². The van der Waals surface area contributed by atoms with Crippen molar-refractivity contribution in [2.75, 3.05) is 6.54 Å². The molecular weight excluding hydrogens is 166 g/mol. The summed E-state index contributed by atoms with van der Waals surface area (Å²) < 4.78 is 0. The normalized spacial score (nSPS) is 22.2. The van der Waals surface area contributed by atoms with E-state index in [1.807, 2.05) is 20.8 Å². The molecule has 1 heterocycles. The van der Waals surface area contributed by atoms with Gasteiger partial charge in [0.2, 0.25) is 11.8 Å². The second-order valence-corrected chi connectivity index (χ2v) is 4.05. The minimum absolute atomic E-state index is 0.0110. The number of piperidine rings is 1. The zero-order valence-corrected chi connectivity index (χ0v) is 8.59. The van der Waals surface area contributed by atoms with Crippen molar-refractivity contribution in [1.82, 2.24) is 4.90 Å². The third-order valence-corrected chi connectivity index (χ3v) is 2.93. The number of carbonyl (C=O) groups excluding carboxylic acids is 2. The number of likely N-dealkylation sites (tertiary alicyclic amines) is 1. The highest BCUT2D eigenvalue weighted by molar-refractivity contribution is 5.98. The summed E-state index contributed by atoms with van der Waals surface area (Å²) in [4.78, 5) is 24.4. The Kier molecular flexibility index (Phi) is 2.74. The summed E-state index contributed by atoms with van der Waals surface area (Å²) in [5, 5.41) is 0. The van der Waals surface area contributed by atoms with Crippen LogP contribution in [0.5, 0.6) is 0 Å². The molecular formula is C10H17NO2. The van der Waals surface area contributed by atoms with Gasteiger partial charge in [0.25, 0.3) is 0 Å².